The van der Waals surface area contributed by atoms with Crippen molar-refractivity contribution >= 4 is 19.7 Å². The van der Waals surface area contributed by atoms with Crippen LogP contribution in [0.5, 0.6) is 5.75 Å². The highest BCUT2D eigenvalue weighted by molar-refractivity contribution is 7.10. The lowest BCUT2D eigenvalue weighted by Crippen LogP contribution is -2.49. The lowest BCUT2D eigenvalue weighted by Gasteiger charge is -2.43. The summed E-state index contributed by atoms with van der Waals surface area (Å²) in [6.07, 6.45) is 2.24. The van der Waals surface area contributed by atoms with E-state index >= 15 is 0 Å². The molecule has 1 atom stereocenters. The highest BCUT2D eigenvalue weighted by atomic mass is 32.1. The molecular weight excluding hydrogens is 440 g/mol. The third kappa shape index (κ3) is 6.32. The largest absolute Gasteiger partial charge is 0.491 e. The monoisotopic (exact) mass is 488 g/mol. The second-order valence-corrected chi connectivity index (χ2v) is 18.0. The summed E-state index contributed by atoms with van der Waals surface area (Å²) in [6.45, 7) is 27.9. The summed E-state index contributed by atoms with van der Waals surface area (Å²) in [5.74, 6) is 0.968. The van der Waals surface area contributed by atoms with Crippen molar-refractivity contribution in [2.75, 3.05) is 6.61 Å². The summed E-state index contributed by atoms with van der Waals surface area (Å²) in [6, 6.07) is 9.17. The zero-order valence-electron chi connectivity index (χ0n) is 23.3. The van der Waals surface area contributed by atoms with Crippen molar-refractivity contribution in [1.82, 2.24) is 0 Å². The van der Waals surface area contributed by atoms with Gasteiger partial charge in [0.1, 0.15) is 12.4 Å². The second kappa shape index (κ2) is 10.3. The van der Waals surface area contributed by atoms with Gasteiger partial charge in [-0.3, -0.25) is 0 Å². The van der Waals surface area contributed by atoms with Gasteiger partial charge in [0.05, 0.1) is 6.10 Å². The maximum absolute atomic E-state index is 6.82. The van der Waals surface area contributed by atoms with Crippen LogP contribution in [0.4, 0.5) is 0 Å². The molecule has 0 saturated carbocycles. The van der Waals surface area contributed by atoms with E-state index in [1.165, 1.54) is 21.6 Å². The van der Waals surface area contributed by atoms with Gasteiger partial charge in [0.15, 0.2) is 8.32 Å². The molecule has 0 bridgehead atoms. The van der Waals surface area contributed by atoms with Gasteiger partial charge in [0.2, 0.25) is 0 Å². The number of hydrogen-bond acceptors (Lipinski definition) is 3. The Bertz CT molecular complexity index is 910. The predicted octanol–water partition coefficient (Wildman–Crippen LogP) is 9.29. The maximum Gasteiger partial charge on any atom is 0.192 e. The molecule has 1 heterocycles. The third-order valence-corrected chi connectivity index (χ3v) is 13.5. The smallest absolute Gasteiger partial charge is 0.192 e. The summed E-state index contributed by atoms with van der Waals surface area (Å²) in [5, 5.41) is 2.45. The summed E-state index contributed by atoms with van der Waals surface area (Å²) in [5.41, 5.74) is 4.03. The Labute approximate surface area is 209 Å². The van der Waals surface area contributed by atoms with Gasteiger partial charge >= 0.3 is 0 Å². The van der Waals surface area contributed by atoms with Crippen LogP contribution in [0.1, 0.15) is 89.8 Å². The molecule has 186 valence electrons. The van der Waals surface area contributed by atoms with E-state index in [0.717, 1.165) is 18.6 Å². The van der Waals surface area contributed by atoms with Crippen LogP contribution in [-0.2, 0) is 9.84 Å². The molecule has 2 aromatic rings. The number of aryl methyl sites for hydroxylation is 2. The average Bonchev–Trinajstić information content (AvgIpc) is 3.12. The molecule has 2 nitrogen and oxygen atoms in total. The number of thiophene rings is 1. The zero-order chi connectivity index (χ0) is 25.2. The van der Waals surface area contributed by atoms with E-state index in [4.69, 9.17) is 9.16 Å². The Kier molecular flexibility index (Phi) is 8.74. The number of benzene rings is 1. The first kappa shape index (κ1) is 28.1. The Morgan fingerprint density at radius 3 is 1.97 bits per heavy atom. The van der Waals surface area contributed by atoms with Crippen molar-refractivity contribution in [2.24, 2.45) is 5.41 Å². The quantitative estimate of drug-likeness (QED) is 0.327. The van der Waals surface area contributed by atoms with Crippen LogP contribution >= 0.6 is 11.3 Å². The van der Waals surface area contributed by atoms with Gasteiger partial charge in [0, 0.05) is 10.3 Å². The molecule has 0 spiro atoms. The fourth-order valence-electron chi connectivity index (χ4n) is 4.10. The van der Waals surface area contributed by atoms with Crippen LogP contribution in [0, 0.1) is 19.3 Å². The van der Waals surface area contributed by atoms with E-state index < -0.39 is 8.32 Å². The molecule has 0 aliphatic heterocycles. The molecule has 33 heavy (non-hydrogen) atoms. The minimum absolute atomic E-state index is 0.0139. The van der Waals surface area contributed by atoms with E-state index in [9.17, 15) is 0 Å². The van der Waals surface area contributed by atoms with Crippen molar-refractivity contribution in [2.45, 2.75) is 112 Å². The van der Waals surface area contributed by atoms with E-state index in [1.807, 2.05) is 11.3 Å². The normalized spacial score (nSPS) is 14.4. The van der Waals surface area contributed by atoms with Crippen molar-refractivity contribution in [1.29, 1.82) is 0 Å². The number of rotatable bonds is 9. The molecule has 0 radical (unpaired) electrons. The first-order valence-corrected chi connectivity index (χ1v) is 16.3. The molecule has 1 aromatic heterocycles. The molecule has 4 heteroatoms. The van der Waals surface area contributed by atoms with Crippen LogP contribution in [0.2, 0.25) is 18.1 Å². The minimum atomic E-state index is -1.89. The topological polar surface area (TPSA) is 18.5 Å². The van der Waals surface area contributed by atoms with Crippen molar-refractivity contribution in [3.8, 4) is 5.75 Å². The number of hydrogen-bond donors (Lipinski definition) is 0. The second-order valence-electron chi connectivity index (χ2n) is 12.3. The Morgan fingerprint density at radius 2 is 1.55 bits per heavy atom. The summed E-state index contributed by atoms with van der Waals surface area (Å²) < 4.78 is 13.2. The summed E-state index contributed by atoms with van der Waals surface area (Å²) >= 11 is 1.89. The molecule has 0 aliphatic rings. The van der Waals surface area contributed by atoms with Crippen LogP contribution in [0.25, 0.3) is 0 Å². The molecule has 2 rings (SSSR count). The lowest BCUT2D eigenvalue weighted by molar-refractivity contribution is 0.0310. The first-order chi connectivity index (χ1) is 15.1. The Morgan fingerprint density at radius 1 is 0.939 bits per heavy atom. The van der Waals surface area contributed by atoms with Crippen LogP contribution in [-0.4, -0.2) is 21.0 Å². The highest BCUT2D eigenvalue weighted by Gasteiger charge is 2.42. The molecule has 0 fully saturated rings. The van der Waals surface area contributed by atoms with Crippen molar-refractivity contribution in [3.05, 3.63) is 51.2 Å². The molecule has 0 amide bonds. The van der Waals surface area contributed by atoms with E-state index in [1.54, 1.807) is 0 Å². The van der Waals surface area contributed by atoms with Crippen molar-refractivity contribution in [3.63, 3.8) is 0 Å². The fraction of sp³-hybridized carbons (Fsp3) is 0.655. The lowest BCUT2D eigenvalue weighted by atomic mass is 9.74. The Balaban J connectivity index is 2.28. The molecular formula is C29H48O2SSi. The van der Waals surface area contributed by atoms with Crippen molar-refractivity contribution < 1.29 is 9.16 Å². The van der Waals surface area contributed by atoms with Crippen LogP contribution in [0.15, 0.2) is 29.6 Å². The SMILES string of the molecule is CCC(CC)(c1ccc(OCC(O[Si](C)(C)C(C)(C)C)C(C)(C)C)c(C)c1)c1cc(C)cs1. The minimum Gasteiger partial charge on any atom is -0.491 e. The third-order valence-electron chi connectivity index (χ3n) is 7.74. The van der Waals surface area contributed by atoms with Crippen LogP contribution in [0.3, 0.4) is 0 Å². The van der Waals surface area contributed by atoms with E-state index in [-0.39, 0.29) is 22.0 Å². The Hall–Kier alpha value is -1.10. The summed E-state index contributed by atoms with van der Waals surface area (Å²) in [4.78, 5) is 1.47. The molecule has 0 saturated heterocycles. The average molecular weight is 489 g/mol. The van der Waals surface area contributed by atoms with Gasteiger partial charge in [-0.1, -0.05) is 67.5 Å². The summed E-state index contributed by atoms with van der Waals surface area (Å²) in [7, 11) is -1.89. The zero-order valence-corrected chi connectivity index (χ0v) is 25.1. The molecule has 1 aromatic carbocycles. The van der Waals surface area contributed by atoms with Gasteiger partial charge in [0.25, 0.3) is 0 Å². The van der Waals surface area contributed by atoms with Gasteiger partial charge in [-0.15, -0.1) is 11.3 Å². The number of ether oxygens (including phenoxy) is 1. The molecule has 1 unspecified atom stereocenters. The van der Waals surface area contributed by atoms with Gasteiger partial charge < -0.3 is 9.16 Å². The van der Waals surface area contributed by atoms with Gasteiger partial charge in [-0.25, -0.2) is 0 Å². The highest BCUT2D eigenvalue weighted by Crippen LogP contribution is 2.43. The van der Waals surface area contributed by atoms with E-state index in [0.29, 0.717) is 6.61 Å². The van der Waals surface area contributed by atoms with Crippen LogP contribution < -0.4 is 4.74 Å². The maximum atomic E-state index is 6.82. The van der Waals surface area contributed by atoms with Gasteiger partial charge in [-0.2, -0.15) is 0 Å². The van der Waals surface area contributed by atoms with Gasteiger partial charge in [-0.05, 0) is 84.4 Å². The fourth-order valence-corrected chi connectivity index (χ4v) is 6.85. The molecule has 0 N–H and O–H groups in total. The standard InChI is InChI=1S/C29H48O2SSi/c1-13-29(14-2,26-17-21(3)20-32-26)23-15-16-24(22(4)18-23)30-19-25(27(5,6)7)31-33(11,12)28(8,9)10/h15-18,20,25H,13-14,19H2,1-12H3. The molecule has 0 aliphatic carbocycles. The van der Waals surface area contributed by atoms with E-state index in [2.05, 4.69) is 112 Å². The first-order valence-electron chi connectivity index (χ1n) is 12.5. The predicted molar refractivity (Wildman–Crippen MR) is 149 cm³/mol.